The third kappa shape index (κ3) is 3.40. The Morgan fingerprint density at radius 2 is 1.85 bits per heavy atom. The second-order valence-corrected chi connectivity index (χ2v) is 4.44. The highest BCUT2D eigenvalue weighted by Gasteiger charge is 2.06. The maximum atomic E-state index is 11.8. The van der Waals surface area contributed by atoms with Crippen LogP contribution in [0.2, 0.25) is 5.02 Å². The molecule has 0 unspecified atom stereocenters. The van der Waals surface area contributed by atoms with Gasteiger partial charge in [-0.1, -0.05) is 11.6 Å². The summed E-state index contributed by atoms with van der Waals surface area (Å²) < 4.78 is 0. The number of amides is 2. The molecule has 2 aromatic carbocycles. The number of carbonyl (C=O) groups excluding carboxylic acids is 1. The Hall–Kier alpha value is -2.71. The first-order chi connectivity index (χ1) is 9.58. The highest BCUT2D eigenvalue weighted by atomic mass is 35.5. The van der Waals surface area contributed by atoms with Gasteiger partial charge in [0.15, 0.2) is 0 Å². The van der Waals surface area contributed by atoms with Crippen LogP contribution in [0.3, 0.4) is 0 Å². The quantitative estimate of drug-likeness (QED) is 0.739. The van der Waals surface area contributed by atoms with E-state index in [1.165, 1.54) is 6.07 Å². The number of nitrogens with one attached hydrogen (secondary N) is 2. The zero-order valence-electron chi connectivity index (χ0n) is 10.4. The Labute approximate surface area is 121 Å². The SMILES string of the molecule is N#Cc1ccc(NC(=O)Nc2ccc(Cl)cc2)c(N)c1. The number of nitrogens with two attached hydrogens (primary N) is 1. The van der Waals surface area contributed by atoms with Crippen LogP contribution in [0.15, 0.2) is 42.5 Å². The van der Waals surface area contributed by atoms with Crippen LogP contribution in [0.25, 0.3) is 0 Å². The third-order valence-electron chi connectivity index (χ3n) is 2.53. The summed E-state index contributed by atoms with van der Waals surface area (Å²) in [6.45, 7) is 0. The summed E-state index contributed by atoms with van der Waals surface area (Å²) in [6, 6.07) is 12.9. The summed E-state index contributed by atoms with van der Waals surface area (Å²) in [7, 11) is 0. The van der Waals surface area contributed by atoms with E-state index in [4.69, 9.17) is 22.6 Å². The number of nitrogen functional groups attached to an aromatic ring is 1. The molecule has 0 atom stereocenters. The lowest BCUT2D eigenvalue weighted by Gasteiger charge is -2.10. The molecule has 0 aliphatic rings. The van der Waals surface area contributed by atoms with Crippen molar-refractivity contribution in [3.63, 3.8) is 0 Å². The van der Waals surface area contributed by atoms with Gasteiger partial charge in [0, 0.05) is 10.7 Å². The van der Waals surface area contributed by atoms with E-state index in [1.807, 2.05) is 6.07 Å². The van der Waals surface area contributed by atoms with Crippen molar-refractivity contribution in [3.05, 3.63) is 53.1 Å². The topological polar surface area (TPSA) is 90.9 Å². The number of urea groups is 1. The second-order valence-electron chi connectivity index (χ2n) is 4.00. The molecule has 0 spiro atoms. The standard InChI is InChI=1S/C14H11ClN4O/c15-10-2-4-11(5-3-10)18-14(20)19-13-6-1-9(8-16)7-12(13)17/h1-7H,17H2,(H2,18,19,20). The molecular formula is C14H11ClN4O. The van der Waals surface area contributed by atoms with Gasteiger partial charge in [0.2, 0.25) is 0 Å². The molecule has 0 aliphatic heterocycles. The van der Waals surface area contributed by atoms with Crippen molar-refractivity contribution < 1.29 is 4.79 Å². The Bertz CT molecular complexity index is 677. The molecular weight excluding hydrogens is 276 g/mol. The molecule has 5 nitrogen and oxygen atoms in total. The molecule has 0 fully saturated rings. The van der Waals surface area contributed by atoms with Crippen molar-refractivity contribution in [1.29, 1.82) is 5.26 Å². The number of hydrogen-bond acceptors (Lipinski definition) is 3. The van der Waals surface area contributed by atoms with E-state index in [-0.39, 0.29) is 0 Å². The lowest BCUT2D eigenvalue weighted by Crippen LogP contribution is -2.20. The lowest BCUT2D eigenvalue weighted by molar-refractivity contribution is 0.262. The molecule has 0 aromatic heterocycles. The molecule has 2 amide bonds. The lowest BCUT2D eigenvalue weighted by atomic mass is 10.2. The number of carbonyl (C=O) groups is 1. The number of nitrogens with zero attached hydrogens (tertiary/aromatic N) is 1. The summed E-state index contributed by atoms with van der Waals surface area (Å²) in [5.41, 5.74) is 7.56. The van der Waals surface area contributed by atoms with E-state index < -0.39 is 6.03 Å². The summed E-state index contributed by atoms with van der Waals surface area (Å²) in [6.07, 6.45) is 0. The first-order valence-electron chi connectivity index (χ1n) is 5.71. The van der Waals surface area contributed by atoms with Gasteiger partial charge in [-0.05, 0) is 42.5 Å². The summed E-state index contributed by atoms with van der Waals surface area (Å²) in [4.78, 5) is 11.8. The van der Waals surface area contributed by atoms with Gasteiger partial charge in [0.05, 0.1) is 23.0 Å². The van der Waals surface area contributed by atoms with E-state index in [0.29, 0.717) is 27.6 Å². The fourth-order valence-corrected chi connectivity index (χ4v) is 1.69. The molecule has 0 aliphatic carbocycles. The molecule has 0 heterocycles. The van der Waals surface area contributed by atoms with Gasteiger partial charge in [0.1, 0.15) is 0 Å². The maximum Gasteiger partial charge on any atom is 0.323 e. The summed E-state index contributed by atoms with van der Waals surface area (Å²) in [5, 5.41) is 14.6. The smallest absolute Gasteiger partial charge is 0.323 e. The maximum absolute atomic E-state index is 11.8. The minimum Gasteiger partial charge on any atom is -0.397 e. The zero-order chi connectivity index (χ0) is 14.5. The zero-order valence-corrected chi connectivity index (χ0v) is 11.1. The molecule has 100 valence electrons. The van der Waals surface area contributed by atoms with Crippen molar-refractivity contribution in [1.82, 2.24) is 0 Å². The average molecular weight is 287 g/mol. The molecule has 20 heavy (non-hydrogen) atoms. The molecule has 6 heteroatoms. The number of benzene rings is 2. The van der Waals surface area contributed by atoms with Gasteiger partial charge in [-0.25, -0.2) is 4.79 Å². The average Bonchev–Trinajstić information content (AvgIpc) is 2.43. The number of anilines is 3. The van der Waals surface area contributed by atoms with Crippen LogP contribution in [0.4, 0.5) is 21.9 Å². The number of nitriles is 1. The summed E-state index contributed by atoms with van der Waals surface area (Å²) in [5.74, 6) is 0. The first kappa shape index (κ1) is 13.7. The van der Waals surface area contributed by atoms with Gasteiger partial charge in [-0.15, -0.1) is 0 Å². The Kier molecular flexibility index (Phi) is 4.08. The third-order valence-corrected chi connectivity index (χ3v) is 2.78. The monoisotopic (exact) mass is 286 g/mol. The molecule has 4 N–H and O–H groups in total. The van der Waals surface area contributed by atoms with Crippen molar-refractivity contribution in [3.8, 4) is 6.07 Å². The minimum atomic E-state index is -0.427. The van der Waals surface area contributed by atoms with Crippen molar-refractivity contribution in [2.24, 2.45) is 0 Å². The molecule has 0 saturated carbocycles. The van der Waals surface area contributed by atoms with E-state index in [2.05, 4.69) is 10.6 Å². The number of halogens is 1. The number of rotatable bonds is 2. The van der Waals surface area contributed by atoms with E-state index in [1.54, 1.807) is 36.4 Å². The van der Waals surface area contributed by atoms with Crippen molar-refractivity contribution >= 4 is 34.7 Å². The van der Waals surface area contributed by atoms with E-state index >= 15 is 0 Å². The fraction of sp³-hybridized carbons (Fsp3) is 0. The van der Waals surface area contributed by atoms with Crippen LogP contribution in [-0.4, -0.2) is 6.03 Å². The molecule has 0 saturated heterocycles. The van der Waals surface area contributed by atoms with Gasteiger partial charge in [-0.2, -0.15) is 5.26 Å². The normalized spacial score (nSPS) is 9.60. The van der Waals surface area contributed by atoms with Gasteiger partial charge < -0.3 is 16.4 Å². The molecule has 0 radical (unpaired) electrons. The predicted octanol–water partition coefficient (Wildman–Crippen LogP) is 3.44. The van der Waals surface area contributed by atoms with E-state index in [9.17, 15) is 4.79 Å². The second kappa shape index (κ2) is 5.95. The van der Waals surface area contributed by atoms with Crippen LogP contribution in [0.1, 0.15) is 5.56 Å². The Morgan fingerprint density at radius 3 is 2.45 bits per heavy atom. The van der Waals surface area contributed by atoms with Crippen LogP contribution in [0, 0.1) is 11.3 Å². The van der Waals surface area contributed by atoms with Crippen molar-refractivity contribution in [2.45, 2.75) is 0 Å². The molecule has 0 bridgehead atoms. The Balaban J connectivity index is 2.05. The fourth-order valence-electron chi connectivity index (χ4n) is 1.56. The minimum absolute atomic E-state index is 0.329. The van der Waals surface area contributed by atoms with Gasteiger partial charge in [0.25, 0.3) is 0 Å². The van der Waals surface area contributed by atoms with Crippen LogP contribution in [-0.2, 0) is 0 Å². The van der Waals surface area contributed by atoms with Crippen LogP contribution < -0.4 is 16.4 Å². The summed E-state index contributed by atoms with van der Waals surface area (Å²) >= 11 is 5.76. The van der Waals surface area contributed by atoms with Gasteiger partial charge in [-0.3, -0.25) is 0 Å². The highest BCUT2D eigenvalue weighted by molar-refractivity contribution is 6.30. The first-order valence-corrected chi connectivity index (χ1v) is 6.09. The predicted molar refractivity (Wildman–Crippen MR) is 79.7 cm³/mol. The van der Waals surface area contributed by atoms with Crippen molar-refractivity contribution in [2.75, 3.05) is 16.4 Å². The molecule has 2 aromatic rings. The Morgan fingerprint density at radius 1 is 1.15 bits per heavy atom. The highest BCUT2D eigenvalue weighted by Crippen LogP contribution is 2.20. The molecule has 2 rings (SSSR count). The number of hydrogen-bond donors (Lipinski definition) is 3. The largest absolute Gasteiger partial charge is 0.397 e. The van der Waals surface area contributed by atoms with Crippen LogP contribution >= 0.6 is 11.6 Å². The van der Waals surface area contributed by atoms with E-state index in [0.717, 1.165) is 0 Å². The van der Waals surface area contributed by atoms with Crippen LogP contribution in [0.5, 0.6) is 0 Å². The van der Waals surface area contributed by atoms with Gasteiger partial charge >= 0.3 is 6.03 Å².